The maximum atomic E-state index is 5.96. The Morgan fingerprint density at radius 1 is 1.25 bits per heavy atom. The number of likely N-dealkylation sites (tertiary alicyclic amines) is 2. The van der Waals surface area contributed by atoms with Gasteiger partial charge in [-0.25, -0.2) is 0 Å². The quantitative estimate of drug-likeness (QED) is 0.416. The van der Waals surface area contributed by atoms with Gasteiger partial charge in [0.15, 0.2) is 5.96 Å². The van der Waals surface area contributed by atoms with Gasteiger partial charge in [0.25, 0.3) is 0 Å². The Balaban J connectivity index is 0.00000200. The minimum Gasteiger partial charge on any atom is -0.370 e. The Labute approximate surface area is 140 Å². The van der Waals surface area contributed by atoms with Crippen LogP contribution in [0.3, 0.4) is 0 Å². The van der Waals surface area contributed by atoms with Gasteiger partial charge < -0.3 is 16.0 Å². The molecule has 5 nitrogen and oxygen atoms in total. The molecule has 2 atom stereocenters. The highest BCUT2D eigenvalue weighted by atomic mass is 127. The topological polar surface area (TPSA) is 56.9 Å². The second-order valence-electron chi connectivity index (χ2n) is 5.81. The first-order valence-electron chi connectivity index (χ1n) is 7.68. The van der Waals surface area contributed by atoms with Crippen molar-refractivity contribution in [1.82, 2.24) is 15.1 Å². The summed E-state index contributed by atoms with van der Waals surface area (Å²) in [4.78, 5) is 9.41. The summed E-state index contributed by atoms with van der Waals surface area (Å²) in [7, 11) is 2.18. The normalized spacial score (nSPS) is 28.6. The molecular weight excluding hydrogens is 365 g/mol. The molecule has 6 heteroatoms. The molecule has 0 aromatic rings. The molecule has 2 rings (SSSR count). The molecule has 0 aromatic heterocycles. The molecule has 0 amide bonds. The molecule has 2 aliphatic heterocycles. The fourth-order valence-electron chi connectivity index (χ4n) is 3.24. The third-order valence-corrected chi connectivity index (χ3v) is 4.57. The number of likely N-dealkylation sites (N-methyl/N-ethyl adjacent to an activating group) is 2. The standard InChI is InChI=1S/C14H29N5.HI/c1-3-19-9-5-7-13(19)11-17-14(15)16-10-12-6-4-8-18(12)2;/h12-13H,3-11H2,1-2H3,(H3,15,16,17);1H. The average molecular weight is 395 g/mol. The van der Waals surface area contributed by atoms with Crippen molar-refractivity contribution in [3.8, 4) is 0 Å². The molecule has 0 aromatic carbocycles. The predicted octanol–water partition coefficient (Wildman–Crippen LogP) is 1.09. The van der Waals surface area contributed by atoms with E-state index in [-0.39, 0.29) is 24.0 Å². The Morgan fingerprint density at radius 2 is 1.95 bits per heavy atom. The van der Waals surface area contributed by atoms with Gasteiger partial charge in [-0.15, -0.1) is 24.0 Å². The summed E-state index contributed by atoms with van der Waals surface area (Å²) >= 11 is 0. The maximum absolute atomic E-state index is 5.96. The maximum Gasteiger partial charge on any atom is 0.188 e. The third-order valence-electron chi connectivity index (χ3n) is 4.57. The number of nitrogens with two attached hydrogens (primary N) is 1. The minimum absolute atomic E-state index is 0. The lowest BCUT2D eigenvalue weighted by atomic mass is 10.2. The summed E-state index contributed by atoms with van der Waals surface area (Å²) in [6.07, 6.45) is 5.13. The molecule has 3 N–H and O–H groups in total. The number of halogens is 1. The van der Waals surface area contributed by atoms with E-state index in [0.717, 1.165) is 19.6 Å². The number of hydrogen-bond donors (Lipinski definition) is 2. The highest BCUT2D eigenvalue weighted by Crippen LogP contribution is 2.16. The Morgan fingerprint density at radius 3 is 2.60 bits per heavy atom. The second-order valence-corrected chi connectivity index (χ2v) is 5.81. The van der Waals surface area contributed by atoms with Crippen molar-refractivity contribution in [1.29, 1.82) is 0 Å². The van der Waals surface area contributed by atoms with E-state index in [1.807, 2.05) is 0 Å². The van der Waals surface area contributed by atoms with E-state index < -0.39 is 0 Å². The molecule has 0 spiro atoms. The Hall–Kier alpha value is -0.0800. The van der Waals surface area contributed by atoms with Gasteiger partial charge in [-0.1, -0.05) is 6.92 Å². The molecule has 2 heterocycles. The van der Waals surface area contributed by atoms with Crippen molar-refractivity contribution in [2.75, 3.05) is 39.8 Å². The third kappa shape index (κ3) is 5.04. The number of aliphatic imine (C=N–C) groups is 1. The second kappa shape index (κ2) is 9.04. The molecule has 0 saturated carbocycles. The molecule has 118 valence electrons. The lowest BCUT2D eigenvalue weighted by Gasteiger charge is -2.22. The summed E-state index contributed by atoms with van der Waals surface area (Å²) < 4.78 is 0. The molecule has 2 unspecified atom stereocenters. The van der Waals surface area contributed by atoms with E-state index in [9.17, 15) is 0 Å². The van der Waals surface area contributed by atoms with Crippen LogP contribution in [0.2, 0.25) is 0 Å². The van der Waals surface area contributed by atoms with Crippen LogP contribution in [0.5, 0.6) is 0 Å². The minimum atomic E-state index is 0. The van der Waals surface area contributed by atoms with Gasteiger partial charge in [0.1, 0.15) is 0 Å². The van der Waals surface area contributed by atoms with E-state index in [4.69, 9.17) is 5.73 Å². The lowest BCUT2D eigenvalue weighted by Crippen LogP contribution is -2.42. The molecule has 0 radical (unpaired) electrons. The zero-order valence-electron chi connectivity index (χ0n) is 12.8. The number of guanidine groups is 1. The monoisotopic (exact) mass is 395 g/mol. The highest BCUT2D eigenvalue weighted by Gasteiger charge is 2.23. The first-order chi connectivity index (χ1) is 9.20. The average Bonchev–Trinajstić information content (AvgIpc) is 3.02. The van der Waals surface area contributed by atoms with Crippen LogP contribution in [0.25, 0.3) is 0 Å². The van der Waals surface area contributed by atoms with Crippen molar-refractivity contribution >= 4 is 29.9 Å². The Kier molecular flexibility index (Phi) is 8.13. The smallest absolute Gasteiger partial charge is 0.188 e. The van der Waals surface area contributed by atoms with Crippen LogP contribution < -0.4 is 11.1 Å². The zero-order valence-corrected chi connectivity index (χ0v) is 15.2. The van der Waals surface area contributed by atoms with Crippen LogP contribution >= 0.6 is 24.0 Å². The summed E-state index contributed by atoms with van der Waals surface area (Å²) in [6, 6.07) is 1.21. The van der Waals surface area contributed by atoms with Gasteiger partial charge in [0.2, 0.25) is 0 Å². The number of rotatable bonds is 5. The van der Waals surface area contributed by atoms with Gasteiger partial charge in [0.05, 0.1) is 6.54 Å². The first-order valence-corrected chi connectivity index (χ1v) is 7.68. The van der Waals surface area contributed by atoms with Gasteiger partial charge >= 0.3 is 0 Å². The van der Waals surface area contributed by atoms with Gasteiger partial charge in [-0.3, -0.25) is 9.89 Å². The molecule has 2 fully saturated rings. The van der Waals surface area contributed by atoms with Crippen LogP contribution in [0.4, 0.5) is 0 Å². The van der Waals surface area contributed by atoms with E-state index in [1.54, 1.807) is 0 Å². The lowest BCUT2D eigenvalue weighted by molar-refractivity contribution is 0.273. The summed E-state index contributed by atoms with van der Waals surface area (Å²) in [5.74, 6) is 0.614. The van der Waals surface area contributed by atoms with Crippen molar-refractivity contribution < 1.29 is 0 Å². The number of nitrogens with one attached hydrogen (secondary N) is 1. The molecule has 0 aliphatic carbocycles. The van der Waals surface area contributed by atoms with Crippen LogP contribution in [-0.4, -0.2) is 67.6 Å². The number of hydrogen-bond acceptors (Lipinski definition) is 3. The van der Waals surface area contributed by atoms with E-state index in [0.29, 0.717) is 18.0 Å². The van der Waals surface area contributed by atoms with Crippen molar-refractivity contribution in [3.63, 3.8) is 0 Å². The SMILES string of the molecule is CCN1CCCC1CN=C(N)NCC1CCCN1C.I. The summed E-state index contributed by atoms with van der Waals surface area (Å²) in [5, 5.41) is 3.28. The first kappa shape index (κ1) is 18.0. The molecular formula is C14H30IN5. The predicted molar refractivity (Wildman–Crippen MR) is 95.8 cm³/mol. The van der Waals surface area contributed by atoms with Crippen molar-refractivity contribution in [3.05, 3.63) is 0 Å². The van der Waals surface area contributed by atoms with Crippen molar-refractivity contribution in [2.45, 2.75) is 44.7 Å². The molecule has 0 bridgehead atoms. The van der Waals surface area contributed by atoms with Crippen LogP contribution in [-0.2, 0) is 0 Å². The fraction of sp³-hybridized carbons (Fsp3) is 0.929. The largest absolute Gasteiger partial charge is 0.370 e. The van der Waals surface area contributed by atoms with Gasteiger partial charge in [0, 0.05) is 18.6 Å². The van der Waals surface area contributed by atoms with Crippen molar-refractivity contribution in [2.24, 2.45) is 10.7 Å². The molecule has 20 heavy (non-hydrogen) atoms. The van der Waals surface area contributed by atoms with E-state index >= 15 is 0 Å². The molecule has 2 aliphatic rings. The zero-order chi connectivity index (χ0) is 13.7. The van der Waals surface area contributed by atoms with Gasteiger partial charge in [-0.2, -0.15) is 0 Å². The fourth-order valence-corrected chi connectivity index (χ4v) is 3.24. The number of nitrogens with zero attached hydrogens (tertiary/aromatic N) is 3. The van der Waals surface area contributed by atoms with Crippen LogP contribution in [0.15, 0.2) is 4.99 Å². The van der Waals surface area contributed by atoms with Crippen LogP contribution in [0.1, 0.15) is 32.6 Å². The summed E-state index contributed by atoms with van der Waals surface area (Å²) in [5.41, 5.74) is 5.96. The van der Waals surface area contributed by atoms with Crippen LogP contribution in [0, 0.1) is 0 Å². The highest BCUT2D eigenvalue weighted by molar-refractivity contribution is 14.0. The Bertz CT molecular complexity index is 310. The molecule has 2 saturated heterocycles. The van der Waals surface area contributed by atoms with E-state index in [1.165, 1.54) is 38.8 Å². The van der Waals surface area contributed by atoms with E-state index in [2.05, 4.69) is 34.1 Å². The van der Waals surface area contributed by atoms with Gasteiger partial charge in [-0.05, 0) is 52.4 Å². The summed E-state index contributed by atoms with van der Waals surface area (Å²) in [6.45, 7) is 7.54.